The molecule has 2 unspecified atom stereocenters. The quantitative estimate of drug-likeness (QED) is 0.768. The molecule has 106 valence electrons. The summed E-state index contributed by atoms with van der Waals surface area (Å²) in [6, 6.07) is 8.93. The molecular formula is C16H25NO2. The highest BCUT2D eigenvalue weighted by molar-refractivity contribution is 5.59. The number of β-amino-alcohol motifs (C(OH)–C–C–N with tert-alkyl or cyclic N) is 1. The maximum atomic E-state index is 10.1. The smallest absolute Gasteiger partial charge is 0.0948 e. The average Bonchev–Trinajstić information content (AvgIpc) is 2.72. The molecule has 2 rings (SSSR count). The van der Waals surface area contributed by atoms with Crippen molar-refractivity contribution in [3.63, 3.8) is 0 Å². The van der Waals surface area contributed by atoms with Crippen molar-refractivity contribution >= 4 is 5.69 Å². The SMILES string of the molecule is CCCCOCC(O)CN1c2ccccc2CC1C. The summed E-state index contributed by atoms with van der Waals surface area (Å²) in [4.78, 5) is 2.29. The highest BCUT2D eigenvalue weighted by Crippen LogP contribution is 2.31. The first-order valence-electron chi connectivity index (χ1n) is 7.32. The van der Waals surface area contributed by atoms with E-state index in [1.165, 1.54) is 11.3 Å². The van der Waals surface area contributed by atoms with Crippen molar-refractivity contribution in [1.82, 2.24) is 0 Å². The van der Waals surface area contributed by atoms with Crippen LogP contribution in [0.15, 0.2) is 24.3 Å². The molecule has 1 aromatic carbocycles. The van der Waals surface area contributed by atoms with Gasteiger partial charge in [-0.05, 0) is 31.4 Å². The van der Waals surface area contributed by atoms with E-state index in [0.29, 0.717) is 19.2 Å². The van der Waals surface area contributed by atoms with Crippen molar-refractivity contribution in [2.75, 3.05) is 24.7 Å². The van der Waals surface area contributed by atoms with Gasteiger partial charge in [-0.25, -0.2) is 0 Å². The first-order valence-corrected chi connectivity index (χ1v) is 7.32. The second-order valence-electron chi connectivity index (χ2n) is 5.42. The van der Waals surface area contributed by atoms with Crippen LogP contribution in [0.5, 0.6) is 0 Å². The molecule has 0 saturated carbocycles. The van der Waals surface area contributed by atoms with Crippen LogP contribution >= 0.6 is 0 Å². The molecular weight excluding hydrogens is 238 g/mol. The molecule has 0 radical (unpaired) electrons. The van der Waals surface area contributed by atoms with Crippen molar-refractivity contribution in [2.24, 2.45) is 0 Å². The van der Waals surface area contributed by atoms with Crippen molar-refractivity contribution in [3.8, 4) is 0 Å². The maximum Gasteiger partial charge on any atom is 0.0948 e. The summed E-state index contributed by atoms with van der Waals surface area (Å²) < 4.78 is 5.49. The van der Waals surface area contributed by atoms with Crippen molar-refractivity contribution in [2.45, 2.75) is 45.3 Å². The van der Waals surface area contributed by atoms with E-state index in [0.717, 1.165) is 25.9 Å². The van der Waals surface area contributed by atoms with Gasteiger partial charge < -0.3 is 14.7 Å². The highest BCUT2D eigenvalue weighted by atomic mass is 16.5. The Morgan fingerprint density at radius 1 is 1.42 bits per heavy atom. The molecule has 0 spiro atoms. The van der Waals surface area contributed by atoms with Crippen molar-refractivity contribution in [3.05, 3.63) is 29.8 Å². The van der Waals surface area contributed by atoms with Gasteiger partial charge in [0.25, 0.3) is 0 Å². The van der Waals surface area contributed by atoms with Gasteiger partial charge in [0.15, 0.2) is 0 Å². The van der Waals surface area contributed by atoms with Crippen LogP contribution in [0.1, 0.15) is 32.3 Å². The van der Waals surface area contributed by atoms with E-state index in [1.54, 1.807) is 0 Å². The van der Waals surface area contributed by atoms with Gasteiger partial charge in [0, 0.05) is 24.9 Å². The highest BCUT2D eigenvalue weighted by Gasteiger charge is 2.26. The first-order chi connectivity index (χ1) is 9.22. The summed E-state index contributed by atoms with van der Waals surface area (Å²) in [7, 11) is 0. The molecule has 1 aliphatic rings. The van der Waals surface area contributed by atoms with Crippen LogP contribution in [0.3, 0.4) is 0 Å². The van der Waals surface area contributed by atoms with E-state index >= 15 is 0 Å². The summed E-state index contributed by atoms with van der Waals surface area (Å²) in [5, 5.41) is 10.1. The Morgan fingerprint density at radius 2 is 2.21 bits per heavy atom. The molecule has 2 atom stereocenters. The number of rotatable bonds is 7. The molecule has 3 heteroatoms. The van der Waals surface area contributed by atoms with E-state index in [1.807, 2.05) is 0 Å². The lowest BCUT2D eigenvalue weighted by atomic mass is 10.1. The molecule has 0 aromatic heterocycles. The lowest BCUT2D eigenvalue weighted by Crippen LogP contribution is -2.38. The number of fused-ring (bicyclic) bond motifs is 1. The van der Waals surface area contributed by atoms with Crippen LogP contribution < -0.4 is 4.90 Å². The Hall–Kier alpha value is -1.06. The van der Waals surface area contributed by atoms with Crippen molar-refractivity contribution < 1.29 is 9.84 Å². The summed E-state index contributed by atoms with van der Waals surface area (Å²) >= 11 is 0. The van der Waals surface area contributed by atoms with Gasteiger partial charge in [0.2, 0.25) is 0 Å². The maximum absolute atomic E-state index is 10.1. The van der Waals surface area contributed by atoms with Crippen LogP contribution in [-0.4, -0.2) is 37.0 Å². The summed E-state index contributed by atoms with van der Waals surface area (Å²) in [6.45, 7) is 6.20. The molecule has 0 amide bonds. The third-order valence-electron chi connectivity index (χ3n) is 3.71. The second kappa shape index (κ2) is 6.92. The fourth-order valence-corrected chi connectivity index (χ4v) is 2.65. The molecule has 0 fully saturated rings. The second-order valence-corrected chi connectivity index (χ2v) is 5.42. The number of anilines is 1. The first kappa shape index (κ1) is 14.4. The third kappa shape index (κ3) is 3.71. The van der Waals surface area contributed by atoms with Gasteiger partial charge in [0.1, 0.15) is 0 Å². The monoisotopic (exact) mass is 263 g/mol. The Balaban J connectivity index is 1.85. The zero-order valence-corrected chi connectivity index (χ0v) is 12.0. The van der Waals surface area contributed by atoms with Gasteiger partial charge in [0.05, 0.1) is 12.7 Å². The molecule has 0 aliphatic carbocycles. The largest absolute Gasteiger partial charge is 0.389 e. The van der Waals surface area contributed by atoms with E-state index < -0.39 is 6.10 Å². The Labute approximate surface area is 116 Å². The zero-order valence-electron chi connectivity index (χ0n) is 12.0. The number of hydrogen-bond donors (Lipinski definition) is 1. The van der Waals surface area contributed by atoms with Gasteiger partial charge in [-0.3, -0.25) is 0 Å². The van der Waals surface area contributed by atoms with Crippen molar-refractivity contribution in [1.29, 1.82) is 0 Å². The minimum absolute atomic E-state index is 0.412. The minimum Gasteiger partial charge on any atom is -0.389 e. The predicted octanol–water partition coefficient (Wildman–Crippen LogP) is 2.62. The molecule has 1 aromatic rings. The summed E-state index contributed by atoms with van der Waals surface area (Å²) in [6.07, 6.45) is 2.85. The summed E-state index contributed by atoms with van der Waals surface area (Å²) in [5.41, 5.74) is 2.65. The number of unbranched alkanes of at least 4 members (excludes halogenated alkanes) is 1. The molecule has 3 nitrogen and oxygen atoms in total. The van der Waals surface area contributed by atoms with Gasteiger partial charge in [-0.15, -0.1) is 0 Å². The Kier molecular flexibility index (Phi) is 5.23. The molecule has 19 heavy (non-hydrogen) atoms. The lowest BCUT2D eigenvalue weighted by Gasteiger charge is -2.27. The lowest BCUT2D eigenvalue weighted by molar-refractivity contribution is 0.0387. The number of benzene rings is 1. The fourth-order valence-electron chi connectivity index (χ4n) is 2.65. The molecule has 1 heterocycles. The molecule has 1 N–H and O–H groups in total. The van der Waals surface area contributed by atoms with Gasteiger partial charge in [-0.2, -0.15) is 0 Å². The zero-order chi connectivity index (χ0) is 13.7. The standard InChI is InChI=1S/C16H25NO2/c1-3-4-9-19-12-15(18)11-17-13(2)10-14-7-5-6-8-16(14)17/h5-8,13,15,18H,3-4,9-12H2,1-2H3. The average molecular weight is 263 g/mol. The number of para-hydroxylation sites is 1. The number of hydrogen-bond acceptors (Lipinski definition) is 3. The minimum atomic E-state index is -0.412. The predicted molar refractivity (Wildman–Crippen MR) is 78.7 cm³/mol. The Bertz CT molecular complexity index is 394. The Morgan fingerprint density at radius 3 is 3.00 bits per heavy atom. The van der Waals surface area contributed by atoms with E-state index in [4.69, 9.17) is 4.74 Å². The van der Waals surface area contributed by atoms with E-state index in [9.17, 15) is 5.11 Å². The van der Waals surface area contributed by atoms with Crippen LogP contribution in [0.25, 0.3) is 0 Å². The number of ether oxygens (including phenoxy) is 1. The van der Waals surface area contributed by atoms with Crippen LogP contribution in [0.4, 0.5) is 5.69 Å². The third-order valence-corrected chi connectivity index (χ3v) is 3.71. The summed E-state index contributed by atoms with van der Waals surface area (Å²) in [5.74, 6) is 0. The number of aliphatic hydroxyl groups excluding tert-OH is 1. The normalized spacial score (nSPS) is 19.5. The molecule has 1 aliphatic heterocycles. The molecule has 0 bridgehead atoms. The van der Waals surface area contributed by atoms with Crippen LogP contribution in [0, 0.1) is 0 Å². The molecule has 0 saturated heterocycles. The fraction of sp³-hybridized carbons (Fsp3) is 0.625. The van der Waals surface area contributed by atoms with Gasteiger partial charge >= 0.3 is 0 Å². The van der Waals surface area contributed by atoms with Crippen LogP contribution in [0.2, 0.25) is 0 Å². The van der Waals surface area contributed by atoms with Crippen LogP contribution in [-0.2, 0) is 11.2 Å². The number of aliphatic hydroxyl groups is 1. The number of nitrogens with zero attached hydrogens (tertiary/aromatic N) is 1. The van der Waals surface area contributed by atoms with Gasteiger partial charge in [-0.1, -0.05) is 31.5 Å². The van der Waals surface area contributed by atoms with E-state index in [-0.39, 0.29) is 0 Å². The topological polar surface area (TPSA) is 32.7 Å². The van der Waals surface area contributed by atoms with E-state index in [2.05, 4.69) is 43.0 Å².